The first-order valence-electron chi connectivity index (χ1n) is 3.89. The molecule has 1 aliphatic heterocycles. The van der Waals surface area contributed by atoms with Gasteiger partial charge in [0.15, 0.2) is 12.1 Å². The normalized spacial score (nSPS) is 27.4. The second-order valence-electron chi connectivity index (χ2n) is 2.71. The Morgan fingerprint density at radius 2 is 2.46 bits per heavy atom. The molecule has 1 rings (SSSR count). The molecule has 0 bridgehead atoms. The molecular weight excluding hydrogens is 174 g/mol. The number of hydrogen-bond acceptors (Lipinski definition) is 4. The van der Waals surface area contributed by atoms with Crippen LogP contribution in [0.3, 0.4) is 0 Å². The Hall–Kier alpha value is -1.20. The Bertz CT molecular complexity index is 249. The second kappa shape index (κ2) is 4.15. The van der Waals surface area contributed by atoms with Crippen molar-refractivity contribution in [2.45, 2.75) is 19.3 Å². The van der Waals surface area contributed by atoms with Gasteiger partial charge in [-0.15, -0.1) is 0 Å². The predicted octanol–water partition coefficient (Wildman–Crippen LogP) is -1.03. The third-order valence-electron chi connectivity index (χ3n) is 1.58. The fourth-order valence-electron chi connectivity index (χ4n) is 0.950. The van der Waals surface area contributed by atoms with Gasteiger partial charge in [0.1, 0.15) is 6.10 Å². The minimum atomic E-state index is -1.06. The first-order valence-corrected chi connectivity index (χ1v) is 3.89. The Morgan fingerprint density at radius 3 is 3.08 bits per heavy atom. The highest BCUT2D eigenvalue weighted by atomic mass is 16.6. The fourth-order valence-corrected chi connectivity index (χ4v) is 0.950. The molecule has 13 heavy (non-hydrogen) atoms. The number of rotatable bonds is 2. The first kappa shape index (κ1) is 9.88. The van der Waals surface area contributed by atoms with E-state index in [9.17, 15) is 9.59 Å². The summed E-state index contributed by atoms with van der Waals surface area (Å²) in [6, 6.07) is 0. The number of carbonyl (C=O) groups excluding carboxylic acids is 2. The van der Waals surface area contributed by atoms with Gasteiger partial charge >= 0.3 is 0 Å². The molecule has 0 saturated carbocycles. The highest BCUT2D eigenvalue weighted by Gasteiger charge is 2.23. The van der Waals surface area contributed by atoms with Gasteiger partial charge in [0.05, 0.1) is 6.54 Å². The molecule has 0 aromatic carbocycles. The Morgan fingerprint density at radius 1 is 1.77 bits per heavy atom. The van der Waals surface area contributed by atoms with E-state index in [4.69, 9.17) is 9.84 Å². The lowest BCUT2D eigenvalue weighted by molar-refractivity contribution is -0.147. The van der Waals surface area contributed by atoms with Gasteiger partial charge in [-0.2, -0.15) is 0 Å². The highest BCUT2D eigenvalue weighted by Crippen LogP contribution is 2.06. The van der Waals surface area contributed by atoms with Crippen molar-refractivity contribution in [1.29, 1.82) is 0 Å². The van der Waals surface area contributed by atoms with E-state index in [0.29, 0.717) is 0 Å². The van der Waals surface area contributed by atoms with Crippen molar-refractivity contribution in [3.05, 3.63) is 12.2 Å². The maximum absolute atomic E-state index is 11.1. The van der Waals surface area contributed by atoms with Crippen LogP contribution in [0.15, 0.2) is 12.2 Å². The third kappa shape index (κ3) is 2.96. The molecule has 2 N–H and O–H groups in total. The summed E-state index contributed by atoms with van der Waals surface area (Å²) in [7, 11) is 0. The van der Waals surface area contributed by atoms with Crippen LogP contribution in [0.2, 0.25) is 0 Å². The molecule has 5 nitrogen and oxygen atoms in total. The summed E-state index contributed by atoms with van der Waals surface area (Å²) in [5.74, 6) is -0.487. The summed E-state index contributed by atoms with van der Waals surface area (Å²) < 4.78 is 4.85. The molecule has 0 aromatic heterocycles. The minimum absolute atomic E-state index is 0.0928. The van der Waals surface area contributed by atoms with Gasteiger partial charge in [-0.3, -0.25) is 9.59 Å². The zero-order valence-electron chi connectivity index (χ0n) is 7.19. The lowest BCUT2D eigenvalue weighted by Crippen LogP contribution is -2.41. The quantitative estimate of drug-likeness (QED) is 0.576. The molecule has 0 aromatic rings. The van der Waals surface area contributed by atoms with E-state index < -0.39 is 12.4 Å². The van der Waals surface area contributed by atoms with Crippen LogP contribution in [0.1, 0.15) is 6.92 Å². The van der Waals surface area contributed by atoms with Crippen LogP contribution in [-0.4, -0.2) is 35.7 Å². The molecule has 0 saturated heterocycles. The monoisotopic (exact) mass is 185 g/mol. The van der Waals surface area contributed by atoms with E-state index in [1.54, 1.807) is 0 Å². The van der Waals surface area contributed by atoms with E-state index in [1.165, 1.54) is 19.1 Å². The number of ether oxygens (including phenoxy) is 1. The smallest absolute Gasteiger partial charge is 0.216 e. The number of hydrogen-bond donors (Lipinski definition) is 2. The Balaban J connectivity index is 2.46. The highest BCUT2D eigenvalue weighted by molar-refractivity contribution is 5.94. The molecule has 2 atom stereocenters. The average molecular weight is 185 g/mol. The molecule has 0 fully saturated rings. The zero-order chi connectivity index (χ0) is 9.84. The number of aliphatic hydroxyl groups is 1. The van der Waals surface area contributed by atoms with Gasteiger partial charge < -0.3 is 15.2 Å². The number of nitrogens with one attached hydrogen (secondary N) is 1. The van der Waals surface area contributed by atoms with Crippen molar-refractivity contribution < 1.29 is 19.4 Å². The Labute approximate surface area is 75.4 Å². The van der Waals surface area contributed by atoms with E-state index in [-0.39, 0.29) is 18.2 Å². The lowest BCUT2D eigenvalue weighted by atomic mass is 10.1. The van der Waals surface area contributed by atoms with E-state index >= 15 is 0 Å². The summed E-state index contributed by atoms with van der Waals surface area (Å²) in [6.07, 6.45) is 0.674. The topological polar surface area (TPSA) is 75.6 Å². The molecule has 5 heteroatoms. The largest absolute Gasteiger partial charge is 0.365 e. The number of amides is 1. The van der Waals surface area contributed by atoms with Crippen molar-refractivity contribution in [2.75, 3.05) is 6.54 Å². The number of ketones is 1. The van der Waals surface area contributed by atoms with Crippen molar-refractivity contribution in [1.82, 2.24) is 5.32 Å². The van der Waals surface area contributed by atoms with Gasteiger partial charge in [-0.05, 0) is 12.2 Å². The molecular formula is C8H11NO4. The van der Waals surface area contributed by atoms with Gasteiger partial charge in [-0.1, -0.05) is 0 Å². The first-order chi connectivity index (χ1) is 6.09. The van der Waals surface area contributed by atoms with Crippen LogP contribution in [0.4, 0.5) is 0 Å². The maximum Gasteiger partial charge on any atom is 0.216 e. The standard InChI is InChI=1S/C8H11NO4/c1-5(10)9-4-7-6(11)2-3-8(12)13-7/h2-3,7-8,12H,4H2,1H3,(H,9,10). The zero-order valence-corrected chi connectivity index (χ0v) is 7.19. The van der Waals surface area contributed by atoms with Crippen LogP contribution >= 0.6 is 0 Å². The van der Waals surface area contributed by atoms with Crippen LogP contribution < -0.4 is 5.32 Å². The summed E-state index contributed by atoms with van der Waals surface area (Å²) >= 11 is 0. The molecule has 72 valence electrons. The molecule has 0 radical (unpaired) electrons. The SMILES string of the molecule is CC(=O)NCC1OC(O)C=CC1=O. The number of aliphatic hydroxyl groups excluding tert-OH is 1. The molecule has 1 aliphatic rings. The maximum atomic E-state index is 11.1. The van der Waals surface area contributed by atoms with Gasteiger partial charge in [0, 0.05) is 6.92 Å². The lowest BCUT2D eigenvalue weighted by Gasteiger charge is -2.21. The summed E-state index contributed by atoms with van der Waals surface area (Å²) in [4.78, 5) is 21.6. The van der Waals surface area contributed by atoms with Gasteiger partial charge in [0.2, 0.25) is 5.91 Å². The third-order valence-corrected chi connectivity index (χ3v) is 1.58. The number of carbonyl (C=O) groups is 2. The summed E-state index contributed by atoms with van der Waals surface area (Å²) in [6.45, 7) is 1.44. The van der Waals surface area contributed by atoms with Crippen LogP contribution in [0.5, 0.6) is 0 Å². The van der Waals surface area contributed by atoms with Crippen LogP contribution in [0, 0.1) is 0 Å². The van der Waals surface area contributed by atoms with Crippen molar-refractivity contribution in [3.8, 4) is 0 Å². The fraction of sp³-hybridized carbons (Fsp3) is 0.500. The van der Waals surface area contributed by atoms with E-state index in [1.807, 2.05) is 0 Å². The molecule has 1 amide bonds. The van der Waals surface area contributed by atoms with Crippen LogP contribution in [0.25, 0.3) is 0 Å². The molecule has 0 aliphatic carbocycles. The van der Waals surface area contributed by atoms with Crippen molar-refractivity contribution >= 4 is 11.7 Å². The van der Waals surface area contributed by atoms with Crippen LogP contribution in [-0.2, 0) is 14.3 Å². The molecule has 2 unspecified atom stereocenters. The average Bonchev–Trinajstić information content (AvgIpc) is 2.06. The summed E-state index contributed by atoms with van der Waals surface area (Å²) in [5, 5.41) is 11.4. The predicted molar refractivity (Wildman–Crippen MR) is 43.7 cm³/mol. The summed E-state index contributed by atoms with van der Waals surface area (Å²) in [5.41, 5.74) is 0. The van der Waals surface area contributed by atoms with E-state index in [2.05, 4.69) is 5.32 Å². The van der Waals surface area contributed by atoms with Crippen molar-refractivity contribution in [3.63, 3.8) is 0 Å². The Kier molecular flexibility index (Phi) is 3.16. The van der Waals surface area contributed by atoms with Gasteiger partial charge in [-0.25, -0.2) is 0 Å². The van der Waals surface area contributed by atoms with Gasteiger partial charge in [0.25, 0.3) is 0 Å². The molecule has 0 spiro atoms. The minimum Gasteiger partial charge on any atom is -0.365 e. The second-order valence-corrected chi connectivity index (χ2v) is 2.71. The van der Waals surface area contributed by atoms with E-state index in [0.717, 1.165) is 0 Å². The van der Waals surface area contributed by atoms with Crippen molar-refractivity contribution in [2.24, 2.45) is 0 Å². The molecule has 1 heterocycles.